The minimum Gasteiger partial charge on any atom is -0.380 e. The van der Waals surface area contributed by atoms with Crippen LogP contribution >= 0.6 is 0 Å². The fourth-order valence-corrected chi connectivity index (χ4v) is 2.75. The molecule has 0 saturated carbocycles. The molecule has 138 valence electrons. The standard InChI is InChI=1S/C16H25N5O3S/c1-6-25(23,24)20-11-7-13-14(19-10(2)16(3,4)5)12(15(17)22)8-18-21(13)9-11/h7-10,19-20H,6H2,1-5H3,(H2,17,22)/t10-/m1/s1. The molecular weight excluding hydrogens is 342 g/mol. The van der Waals surface area contributed by atoms with Crippen molar-refractivity contribution in [1.29, 1.82) is 0 Å². The highest BCUT2D eigenvalue weighted by atomic mass is 32.2. The summed E-state index contributed by atoms with van der Waals surface area (Å²) in [4.78, 5) is 11.8. The van der Waals surface area contributed by atoms with E-state index in [0.717, 1.165) is 0 Å². The number of rotatable bonds is 6. The Kier molecular flexibility index (Phi) is 4.99. The summed E-state index contributed by atoms with van der Waals surface area (Å²) in [6.07, 6.45) is 2.94. The molecule has 2 heterocycles. The molecular formula is C16H25N5O3S. The van der Waals surface area contributed by atoms with Crippen LogP contribution in [-0.2, 0) is 10.0 Å². The molecule has 0 saturated heterocycles. The first-order chi connectivity index (χ1) is 11.4. The van der Waals surface area contributed by atoms with Gasteiger partial charge in [0.2, 0.25) is 10.0 Å². The van der Waals surface area contributed by atoms with Crippen LogP contribution in [0.2, 0.25) is 0 Å². The van der Waals surface area contributed by atoms with E-state index in [2.05, 4.69) is 35.9 Å². The Labute approximate surface area is 147 Å². The van der Waals surface area contributed by atoms with Crippen molar-refractivity contribution in [3.05, 3.63) is 24.0 Å². The third kappa shape index (κ3) is 4.22. The Morgan fingerprint density at radius 1 is 1.40 bits per heavy atom. The van der Waals surface area contributed by atoms with Crippen LogP contribution in [-0.4, -0.2) is 35.7 Å². The number of primary amides is 1. The molecule has 4 N–H and O–H groups in total. The van der Waals surface area contributed by atoms with E-state index in [9.17, 15) is 13.2 Å². The molecule has 9 heteroatoms. The van der Waals surface area contributed by atoms with Crippen LogP contribution in [0.1, 0.15) is 45.0 Å². The van der Waals surface area contributed by atoms with Gasteiger partial charge in [-0.05, 0) is 25.3 Å². The SMILES string of the molecule is CCS(=O)(=O)Nc1cc2c(N[C@H](C)C(C)(C)C)c(C(N)=O)cnn2c1. The highest BCUT2D eigenvalue weighted by Crippen LogP contribution is 2.30. The molecule has 25 heavy (non-hydrogen) atoms. The Morgan fingerprint density at radius 2 is 2.04 bits per heavy atom. The molecule has 1 atom stereocenters. The van der Waals surface area contributed by atoms with Crippen molar-refractivity contribution in [3.63, 3.8) is 0 Å². The van der Waals surface area contributed by atoms with Gasteiger partial charge in [0.15, 0.2) is 0 Å². The number of sulfonamides is 1. The van der Waals surface area contributed by atoms with Crippen molar-refractivity contribution < 1.29 is 13.2 Å². The third-order valence-electron chi connectivity index (χ3n) is 4.22. The fourth-order valence-electron chi connectivity index (χ4n) is 2.14. The lowest BCUT2D eigenvalue weighted by Gasteiger charge is -2.29. The number of fused-ring (bicyclic) bond motifs is 1. The first-order valence-corrected chi connectivity index (χ1v) is 9.68. The van der Waals surface area contributed by atoms with Crippen molar-refractivity contribution >= 4 is 32.8 Å². The number of nitrogens with zero attached hydrogens (tertiary/aromatic N) is 2. The molecule has 0 bridgehead atoms. The number of amides is 1. The highest BCUT2D eigenvalue weighted by Gasteiger charge is 2.24. The van der Waals surface area contributed by atoms with Crippen molar-refractivity contribution in [2.75, 3.05) is 15.8 Å². The zero-order chi connectivity index (χ0) is 19.0. The van der Waals surface area contributed by atoms with E-state index in [1.54, 1.807) is 19.2 Å². The van der Waals surface area contributed by atoms with Crippen molar-refractivity contribution in [2.24, 2.45) is 11.1 Å². The largest absolute Gasteiger partial charge is 0.380 e. The van der Waals surface area contributed by atoms with E-state index in [-0.39, 0.29) is 22.8 Å². The predicted molar refractivity (Wildman–Crippen MR) is 99.3 cm³/mol. The maximum Gasteiger partial charge on any atom is 0.252 e. The Hall–Kier alpha value is -2.29. The van der Waals surface area contributed by atoms with Gasteiger partial charge in [-0.15, -0.1) is 0 Å². The molecule has 0 spiro atoms. The normalized spacial score (nSPS) is 13.6. The molecule has 0 aromatic carbocycles. The van der Waals surface area contributed by atoms with E-state index in [0.29, 0.717) is 16.9 Å². The quantitative estimate of drug-likeness (QED) is 0.722. The summed E-state index contributed by atoms with van der Waals surface area (Å²) >= 11 is 0. The number of nitrogens with one attached hydrogen (secondary N) is 2. The van der Waals surface area contributed by atoms with Gasteiger partial charge >= 0.3 is 0 Å². The summed E-state index contributed by atoms with van der Waals surface area (Å²) in [6.45, 7) is 9.79. The molecule has 0 aliphatic heterocycles. The van der Waals surface area contributed by atoms with Crippen molar-refractivity contribution in [3.8, 4) is 0 Å². The smallest absolute Gasteiger partial charge is 0.252 e. The van der Waals surface area contributed by atoms with E-state index < -0.39 is 15.9 Å². The minimum atomic E-state index is -3.41. The van der Waals surface area contributed by atoms with Crippen LogP contribution < -0.4 is 15.8 Å². The second-order valence-corrected chi connectivity index (χ2v) is 9.10. The number of nitrogens with two attached hydrogens (primary N) is 1. The van der Waals surface area contributed by atoms with Crippen LogP contribution in [0.3, 0.4) is 0 Å². The molecule has 8 nitrogen and oxygen atoms in total. The minimum absolute atomic E-state index is 0.0301. The number of anilines is 2. The lowest BCUT2D eigenvalue weighted by atomic mass is 9.88. The molecule has 0 aliphatic carbocycles. The van der Waals surface area contributed by atoms with Gasteiger partial charge in [0.25, 0.3) is 5.91 Å². The lowest BCUT2D eigenvalue weighted by Crippen LogP contribution is -2.32. The molecule has 0 fully saturated rings. The van der Waals surface area contributed by atoms with Gasteiger partial charge in [-0.2, -0.15) is 5.10 Å². The summed E-state index contributed by atoms with van der Waals surface area (Å²) in [5, 5.41) is 7.48. The predicted octanol–water partition coefficient (Wildman–Crippen LogP) is 2.04. The maximum absolute atomic E-state index is 11.8. The van der Waals surface area contributed by atoms with Crippen molar-refractivity contribution in [1.82, 2.24) is 9.61 Å². The average Bonchev–Trinajstić information content (AvgIpc) is 2.88. The first-order valence-electron chi connectivity index (χ1n) is 8.03. The number of carbonyl (C=O) groups is 1. The molecule has 1 amide bonds. The molecule has 2 rings (SSSR count). The maximum atomic E-state index is 11.8. The van der Waals surface area contributed by atoms with E-state index in [4.69, 9.17) is 5.73 Å². The van der Waals surface area contributed by atoms with Crippen LogP contribution in [0.25, 0.3) is 5.52 Å². The van der Waals surface area contributed by atoms with Crippen LogP contribution in [0.4, 0.5) is 11.4 Å². The fraction of sp³-hybridized carbons (Fsp3) is 0.500. The van der Waals surface area contributed by atoms with Gasteiger partial charge < -0.3 is 11.1 Å². The van der Waals surface area contributed by atoms with Gasteiger partial charge in [-0.25, -0.2) is 12.9 Å². The average molecular weight is 367 g/mol. The van der Waals surface area contributed by atoms with Crippen molar-refractivity contribution in [2.45, 2.75) is 40.7 Å². The van der Waals surface area contributed by atoms with Gasteiger partial charge in [0.1, 0.15) is 0 Å². The second-order valence-electron chi connectivity index (χ2n) is 7.09. The third-order valence-corrected chi connectivity index (χ3v) is 5.52. The van der Waals surface area contributed by atoms with Crippen LogP contribution in [0.15, 0.2) is 18.5 Å². The summed E-state index contributed by atoms with van der Waals surface area (Å²) < 4.78 is 27.6. The summed E-state index contributed by atoms with van der Waals surface area (Å²) in [6, 6.07) is 1.66. The van der Waals surface area contributed by atoms with Gasteiger partial charge in [0.05, 0.1) is 40.6 Å². The Balaban J connectivity index is 2.57. The highest BCUT2D eigenvalue weighted by molar-refractivity contribution is 7.92. The van der Waals surface area contributed by atoms with E-state index in [1.807, 2.05) is 6.92 Å². The lowest BCUT2D eigenvalue weighted by molar-refractivity contribution is 0.100. The molecule has 0 aliphatic rings. The molecule has 2 aromatic heterocycles. The topological polar surface area (TPSA) is 119 Å². The first kappa shape index (κ1) is 19.0. The number of carbonyl (C=O) groups excluding carboxylic acids is 1. The van der Waals surface area contributed by atoms with Crippen LogP contribution in [0, 0.1) is 5.41 Å². The number of aromatic nitrogens is 2. The zero-order valence-corrected chi connectivity index (χ0v) is 15.9. The summed E-state index contributed by atoms with van der Waals surface area (Å²) in [5.74, 6) is -0.638. The van der Waals surface area contributed by atoms with Gasteiger partial charge in [-0.3, -0.25) is 9.52 Å². The molecule has 0 radical (unpaired) electrons. The summed E-state index contributed by atoms with van der Waals surface area (Å²) in [5.41, 5.74) is 7.16. The summed E-state index contributed by atoms with van der Waals surface area (Å²) in [7, 11) is -3.41. The molecule has 2 aromatic rings. The Bertz CT molecular complexity index is 896. The molecule has 0 unspecified atom stereocenters. The Morgan fingerprint density at radius 3 is 2.56 bits per heavy atom. The monoisotopic (exact) mass is 367 g/mol. The zero-order valence-electron chi connectivity index (χ0n) is 15.1. The van der Waals surface area contributed by atoms with Crippen LogP contribution in [0.5, 0.6) is 0 Å². The second kappa shape index (κ2) is 6.55. The van der Waals surface area contributed by atoms with Gasteiger partial charge in [-0.1, -0.05) is 20.8 Å². The number of hydrogen-bond donors (Lipinski definition) is 3. The van der Waals surface area contributed by atoms with E-state index in [1.165, 1.54) is 10.7 Å². The number of hydrogen-bond acceptors (Lipinski definition) is 5. The van der Waals surface area contributed by atoms with E-state index >= 15 is 0 Å². The van der Waals surface area contributed by atoms with Gasteiger partial charge in [0, 0.05) is 6.04 Å².